The average molecular weight is 426 g/mol. The first-order valence-electron chi connectivity index (χ1n) is 11.0. The van der Waals surface area contributed by atoms with Crippen LogP contribution < -0.4 is 15.4 Å². The number of likely N-dealkylation sites (tertiary alicyclic amines) is 1. The number of H-pyrrole nitrogens is 1. The summed E-state index contributed by atoms with van der Waals surface area (Å²) in [6.07, 6.45) is 5.40. The van der Waals surface area contributed by atoms with E-state index in [-0.39, 0.29) is 12.0 Å². The summed E-state index contributed by atoms with van der Waals surface area (Å²) in [7, 11) is 3.39. The number of methoxy groups -OCH3 is 1. The molecule has 1 aliphatic carbocycles. The van der Waals surface area contributed by atoms with Gasteiger partial charge in [0, 0.05) is 37.7 Å². The van der Waals surface area contributed by atoms with Crippen LogP contribution in [0.1, 0.15) is 37.9 Å². The predicted molar refractivity (Wildman–Crippen MR) is 119 cm³/mol. The molecule has 9 heteroatoms. The van der Waals surface area contributed by atoms with Crippen LogP contribution in [0.4, 0.5) is 0 Å². The van der Waals surface area contributed by atoms with Gasteiger partial charge in [-0.05, 0) is 43.5 Å². The first-order valence-corrected chi connectivity index (χ1v) is 11.0. The number of nitrogens with one attached hydrogen (secondary N) is 3. The van der Waals surface area contributed by atoms with Crippen molar-refractivity contribution in [1.29, 1.82) is 0 Å². The monoisotopic (exact) mass is 425 g/mol. The standard InChI is InChI=1S/C22H31N7O2/c1-23-22(25-17-11-12-29(14-17)21(30)16-5-3-4-6-16)24-13-19-26-20(28-27-19)15-7-9-18(31-2)10-8-15/h7-10,16-17H,3-6,11-14H2,1-2H3,(H2,23,24,25)(H,26,27,28). The highest BCUT2D eigenvalue weighted by Crippen LogP contribution is 2.27. The summed E-state index contributed by atoms with van der Waals surface area (Å²) in [6, 6.07) is 7.84. The molecule has 0 bridgehead atoms. The number of carbonyl (C=O) groups is 1. The SMILES string of the molecule is CN=C(NCc1nc(-c2ccc(OC)cc2)n[nH]1)NC1CCN(C(=O)C2CCCC2)C1. The molecule has 3 N–H and O–H groups in total. The highest BCUT2D eigenvalue weighted by atomic mass is 16.5. The molecule has 1 aromatic heterocycles. The van der Waals surface area contributed by atoms with E-state index >= 15 is 0 Å². The van der Waals surface area contributed by atoms with Crippen molar-refractivity contribution in [2.24, 2.45) is 10.9 Å². The van der Waals surface area contributed by atoms with E-state index in [1.807, 2.05) is 29.2 Å². The number of amides is 1. The molecule has 1 saturated carbocycles. The molecule has 1 unspecified atom stereocenters. The summed E-state index contributed by atoms with van der Waals surface area (Å²) in [5.41, 5.74) is 0.920. The normalized spacial score (nSPS) is 19.6. The van der Waals surface area contributed by atoms with Gasteiger partial charge in [0.1, 0.15) is 11.6 Å². The Morgan fingerprint density at radius 3 is 2.74 bits per heavy atom. The average Bonchev–Trinajstić information content (AvgIpc) is 3.58. The van der Waals surface area contributed by atoms with E-state index in [0.717, 1.165) is 49.5 Å². The van der Waals surface area contributed by atoms with Gasteiger partial charge in [0.2, 0.25) is 5.91 Å². The molecule has 2 fully saturated rings. The van der Waals surface area contributed by atoms with E-state index in [1.54, 1.807) is 14.2 Å². The number of nitrogens with zero attached hydrogens (tertiary/aromatic N) is 4. The third-order valence-electron chi connectivity index (χ3n) is 6.07. The Balaban J connectivity index is 1.26. The lowest BCUT2D eigenvalue weighted by atomic mass is 10.1. The lowest BCUT2D eigenvalue weighted by Crippen LogP contribution is -2.45. The highest BCUT2D eigenvalue weighted by Gasteiger charge is 2.32. The number of aliphatic imine (C=N–C) groups is 1. The summed E-state index contributed by atoms with van der Waals surface area (Å²) < 4.78 is 5.19. The Morgan fingerprint density at radius 2 is 2.03 bits per heavy atom. The zero-order chi connectivity index (χ0) is 21.6. The lowest BCUT2D eigenvalue weighted by molar-refractivity contribution is -0.134. The third-order valence-corrected chi connectivity index (χ3v) is 6.07. The fourth-order valence-electron chi connectivity index (χ4n) is 4.31. The molecule has 1 amide bonds. The van der Waals surface area contributed by atoms with Gasteiger partial charge in [-0.1, -0.05) is 12.8 Å². The second-order valence-corrected chi connectivity index (χ2v) is 8.16. The summed E-state index contributed by atoms with van der Waals surface area (Å²) in [6.45, 7) is 2.03. The van der Waals surface area contributed by atoms with Crippen molar-refractivity contribution in [2.45, 2.75) is 44.7 Å². The molecule has 4 rings (SSSR count). The lowest BCUT2D eigenvalue weighted by Gasteiger charge is -2.21. The van der Waals surface area contributed by atoms with Crippen LogP contribution >= 0.6 is 0 Å². The van der Waals surface area contributed by atoms with E-state index < -0.39 is 0 Å². The fourth-order valence-corrected chi connectivity index (χ4v) is 4.31. The number of benzene rings is 1. The Labute approximate surface area is 182 Å². The van der Waals surface area contributed by atoms with Crippen LogP contribution in [0.25, 0.3) is 11.4 Å². The molecule has 0 radical (unpaired) electrons. The van der Waals surface area contributed by atoms with Gasteiger partial charge in [-0.15, -0.1) is 0 Å². The van der Waals surface area contributed by atoms with Gasteiger partial charge in [-0.25, -0.2) is 4.98 Å². The minimum Gasteiger partial charge on any atom is -0.497 e. The van der Waals surface area contributed by atoms with Crippen molar-refractivity contribution in [3.05, 3.63) is 30.1 Å². The van der Waals surface area contributed by atoms with Crippen LogP contribution in [0.5, 0.6) is 5.75 Å². The number of aromatic amines is 1. The van der Waals surface area contributed by atoms with E-state index in [9.17, 15) is 4.79 Å². The van der Waals surface area contributed by atoms with Gasteiger partial charge >= 0.3 is 0 Å². The Bertz CT molecular complexity index is 903. The highest BCUT2D eigenvalue weighted by molar-refractivity contribution is 5.81. The van der Waals surface area contributed by atoms with E-state index in [0.29, 0.717) is 24.2 Å². The molecule has 9 nitrogen and oxygen atoms in total. The van der Waals surface area contributed by atoms with Crippen LogP contribution in [0.3, 0.4) is 0 Å². The number of carbonyl (C=O) groups excluding carboxylic acids is 1. The van der Waals surface area contributed by atoms with Crippen LogP contribution in [0.2, 0.25) is 0 Å². The summed E-state index contributed by atoms with van der Waals surface area (Å²) in [5.74, 6) is 3.42. The summed E-state index contributed by atoms with van der Waals surface area (Å²) in [5, 5.41) is 14.0. The molecular formula is C22H31N7O2. The molecule has 1 atom stereocenters. The fraction of sp³-hybridized carbons (Fsp3) is 0.545. The van der Waals surface area contributed by atoms with Crippen molar-refractivity contribution in [3.63, 3.8) is 0 Å². The predicted octanol–water partition coefficient (Wildman–Crippen LogP) is 1.94. The van der Waals surface area contributed by atoms with Gasteiger partial charge in [0.25, 0.3) is 0 Å². The Morgan fingerprint density at radius 1 is 1.26 bits per heavy atom. The van der Waals surface area contributed by atoms with Gasteiger partial charge < -0.3 is 20.3 Å². The van der Waals surface area contributed by atoms with Crippen LogP contribution in [-0.2, 0) is 11.3 Å². The minimum atomic E-state index is 0.209. The maximum atomic E-state index is 12.6. The summed E-state index contributed by atoms with van der Waals surface area (Å²) in [4.78, 5) is 23.5. The number of guanidine groups is 1. The van der Waals surface area contributed by atoms with Crippen molar-refractivity contribution in [2.75, 3.05) is 27.2 Å². The Kier molecular flexibility index (Phi) is 6.69. The minimum absolute atomic E-state index is 0.209. The number of hydrogen-bond acceptors (Lipinski definition) is 5. The zero-order valence-electron chi connectivity index (χ0n) is 18.2. The van der Waals surface area contributed by atoms with Crippen molar-refractivity contribution in [3.8, 4) is 17.1 Å². The number of aromatic nitrogens is 3. The van der Waals surface area contributed by atoms with Gasteiger partial charge in [0.05, 0.1) is 13.7 Å². The molecular weight excluding hydrogens is 394 g/mol. The largest absolute Gasteiger partial charge is 0.497 e. The van der Waals surface area contributed by atoms with Crippen molar-refractivity contribution < 1.29 is 9.53 Å². The second-order valence-electron chi connectivity index (χ2n) is 8.16. The zero-order valence-corrected chi connectivity index (χ0v) is 18.2. The molecule has 2 aliphatic rings. The molecule has 1 aliphatic heterocycles. The van der Waals surface area contributed by atoms with Gasteiger partial charge in [-0.2, -0.15) is 5.10 Å². The van der Waals surface area contributed by atoms with E-state index in [2.05, 4.69) is 30.8 Å². The van der Waals surface area contributed by atoms with Crippen LogP contribution in [0.15, 0.2) is 29.3 Å². The molecule has 166 valence electrons. The molecule has 2 heterocycles. The first-order chi connectivity index (χ1) is 15.2. The molecule has 2 aromatic rings. The topological polar surface area (TPSA) is 108 Å². The van der Waals surface area contributed by atoms with Crippen LogP contribution in [0, 0.1) is 5.92 Å². The van der Waals surface area contributed by atoms with Crippen molar-refractivity contribution in [1.82, 2.24) is 30.7 Å². The number of hydrogen-bond donors (Lipinski definition) is 3. The van der Waals surface area contributed by atoms with E-state index in [1.165, 1.54) is 12.8 Å². The third kappa shape index (κ3) is 5.15. The molecule has 1 aromatic carbocycles. The maximum Gasteiger partial charge on any atom is 0.225 e. The van der Waals surface area contributed by atoms with Crippen molar-refractivity contribution >= 4 is 11.9 Å². The Hall–Kier alpha value is -3.10. The molecule has 0 spiro atoms. The quantitative estimate of drug-likeness (QED) is 0.482. The van der Waals surface area contributed by atoms with E-state index in [4.69, 9.17) is 4.74 Å². The number of ether oxygens (including phenoxy) is 1. The molecule has 31 heavy (non-hydrogen) atoms. The maximum absolute atomic E-state index is 12.6. The van der Waals surface area contributed by atoms with Crippen LogP contribution in [-0.4, -0.2) is 65.2 Å². The second kappa shape index (κ2) is 9.80. The van der Waals surface area contributed by atoms with Gasteiger partial charge in [0.15, 0.2) is 11.8 Å². The smallest absolute Gasteiger partial charge is 0.225 e. The number of rotatable bonds is 6. The first kappa shape index (κ1) is 21.1. The van der Waals surface area contributed by atoms with Gasteiger partial charge in [-0.3, -0.25) is 14.9 Å². The molecule has 1 saturated heterocycles. The summed E-state index contributed by atoms with van der Waals surface area (Å²) >= 11 is 0.